The van der Waals surface area contributed by atoms with Gasteiger partial charge in [0.2, 0.25) is 15.9 Å². The number of hydrogen-bond donors (Lipinski definition) is 1. The molecule has 1 saturated heterocycles. The van der Waals surface area contributed by atoms with Gasteiger partial charge in [-0.2, -0.15) is 11.3 Å². The van der Waals surface area contributed by atoms with E-state index in [2.05, 4.69) is 4.72 Å². The van der Waals surface area contributed by atoms with Crippen molar-refractivity contribution in [2.75, 3.05) is 32.6 Å². The third-order valence-corrected chi connectivity index (χ3v) is 5.58. The lowest BCUT2D eigenvalue weighted by Crippen LogP contribution is -2.44. The van der Waals surface area contributed by atoms with Crippen LogP contribution in [-0.4, -0.2) is 57.8 Å². The number of ether oxygens (including phenoxy) is 1. The van der Waals surface area contributed by atoms with Crippen LogP contribution in [0.1, 0.15) is 18.9 Å². The number of sulfonamides is 1. The lowest BCUT2D eigenvalue weighted by Gasteiger charge is -2.31. The van der Waals surface area contributed by atoms with Crippen LogP contribution in [0.15, 0.2) is 16.8 Å². The first-order chi connectivity index (χ1) is 10.9. The Morgan fingerprint density at radius 3 is 2.96 bits per heavy atom. The zero-order valence-electron chi connectivity index (χ0n) is 13.5. The van der Waals surface area contributed by atoms with E-state index in [4.69, 9.17) is 4.74 Å². The van der Waals surface area contributed by atoms with Crippen LogP contribution in [0.5, 0.6) is 0 Å². The lowest BCUT2D eigenvalue weighted by molar-refractivity contribution is -0.133. The predicted octanol–water partition coefficient (Wildman–Crippen LogP) is 1.09. The van der Waals surface area contributed by atoms with Gasteiger partial charge in [-0.15, -0.1) is 0 Å². The molecule has 0 unspecified atom stereocenters. The third-order valence-electron chi connectivity index (χ3n) is 4.12. The van der Waals surface area contributed by atoms with Gasteiger partial charge in [-0.1, -0.05) is 0 Å². The number of hydrogen-bond acceptors (Lipinski definition) is 5. The Morgan fingerprint density at radius 1 is 1.52 bits per heavy atom. The summed E-state index contributed by atoms with van der Waals surface area (Å²) in [5, 5.41) is 3.96. The summed E-state index contributed by atoms with van der Waals surface area (Å²) in [6.45, 7) is 4.04. The van der Waals surface area contributed by atoms with Crippen molar-refractivity contribution < 1.29 is 17.9 Å². The number of rotatable bonds is 6. The van der Waals surface area contributed by atoms with Crippen molar-refractivity contribution in [3.05, 3.63) is 22.4 Å². The molecule has 1 aromatic heterocycles. The average molecular weight is 361 g/mol. The van der Waals surface area contributed by atoms with Crippen LogP contribution < -0.4 is 4.72 Å². The molecule has 2 heterocycles. The zero-order valence-corrected chi connectivity index (χ0v) is 15.2. The highest BCUT2D eigenvalue weighted by Gasteiger charge is 2.29. The molecule has 1 N–H and O–H groups in total. The molecule has 1 aliphatic rings. The van der Waals surface area contributed by atoms with Gasteiger partial charge in [0.1, 0.15) is 0 Å². The SMILES string of the molecule is C[C@@H]1[C@@H](CCNS(C)(=O)=O)COCCN1C(=O)Cc1ccsc1. The number of nitrogens with one attached hydrogen (secondary N) is 1. The third kappa shape index (κ3) is 5.87. The van der Waals surface area contributed by atoms with Gasteiger partial charge in [0, 0.05) is 25.0 Å². The second-order valence-electron chi connectivity index (χ2n) is 5.93. The van der Waals surface area contributed by atoms with Crippen molar-refractivity contribution in [2.45, 2.75) is 25.8 Å². The van der Waals surface area contributed by atoms with E-state index < -0.39 is 10.0 Å². The molecule has 1 aliphatic heterocycles. The van der Waals surface area contributed by atoms with Crippen LogP contribution in [0.4, 0.5) is 0 Å². The van der Waals surface area contributed by atoms with E-state index >= 15 is 0 Å². The predicted molar refractivity (Wildman–Crippen MR) is 91.0 cm³/mol. The maximum Gasteiger partial charge on any atom is 0.227 e. The van der Waals surface area contributed by atoms with Crippen molar-refractivity contribution in [1.82, 2.24) is 9.62 Å². The van der Waals surface area contributed by atoms with Crippen molar-refractivity contribution in [1.29, 1.82) is 0 Å². The van der Waals surface area contributed by atoms with Gasteiger partial charge in [-0.25, -0.2) is 13.1 Å². The molecule has 6 nitrogen and oxygen atoms in total. The van der Waals surface area contributed by atoms with Crippen molar-refractivity contribution in [3.63, 3.8) is 0 Å². The van der Waals surface area contributed by atoms with Gasteiger partial charge in [-0.3, -0.25) is 4.79 Å². The Bertz CT molecular complexity index is 601. The number of nitrogens with zero attached hydrogens (tertiary/aromatic N) is 1. The van der Waals surface area contributed by atoms with Crippen molar-refractivity contribution in [2.24, 2.45) is 5.92 Å². The molecule has 1 fully saturated rings. The summed E-state index contributed by atoms with van der Waals surface area (Å²) in [5.41, 5.74) is 1.03. The molecule has 130 valence electrons. The number of carbonyl (C=O) groups is 1. The minimum absolute atomic E-state index is 0.0324. The highest BCUT2D eigenvalue weighted by molar-refractivity contribution is 7.88. The molecule has 0 spiro atoms. The van der Waals surface area contributed by atoms with Gasteiger partial charge in [-0.05, 0) is 35.7 Å². The molecule has 8 heteroatoms. The van der Waals surface area contributed by atoms with Crippen LogP contribution in [-0.2, 0) is 26.0 Å². The molecule has 0 radical (unpaired) electrons. The number of thiophene rings is 1. The largest absolute Gasteiger partial charge is 0.379 e. The fraction of sp³-hybridized carbons (Fsp3) is 0.667. The van der Waals surface area contributed by atoms with E-state index in [9.17, 15) is 13.2 Å². The second-order valence-corrected chi connectivity index (χ2v) is 8.54. The molecule has 2 atom stereocenters. The summed E-state index contributed by atoms with van der Waals surface area (Å²) in [7, 11) is -3.19. The van der Waals surface area contributed by atoms with Gasteiger partial charge in [0.15, 0.2) is 0 Å². The summed E-state index contributed by atoms with van der Waals surface area (Å²) >= 11 is 1.59. The summed E-state index contributed by atoms with van der Waals surface area (Å²) in [6, 6.07) is 2.00. The Balaban J connectivity index is 1.95. The van der Waals surface area contributed by atoms with Crippen LogP contribution in [0, 0.1) is 5.92 Å². The minimum Gasteiger partial charge on any atom is -0.379 e. The average Bonchev–Trinajstić information content (AvgIpc) is 2.89. The Hall–Kier alpha value is -0.960. The summed E-state index contributed by atoms with van der Waals surface area (Å²) in [6.07, 6.45) is 2.20. The van der Waals surface area contributed by atoms with Crippen LogP contribution in [0.3, 0.4) is 0 Å². The van der Waals surface area contributed by atoms with Crippen molar-refractivity contribution in [3.8, 4) is 0 Å². The number of amides is 1. The van der Waals surface area contributed by atoms with E-state index in [0.29, 0.717) is 39.1 Å². The van der Waals surface area contributed by atoms with Gasteiger partial charge in [0.05, 0.1) is 25.9 Å². The summed E-state index contributed by atoms with van der Waals surface area (Å²) < 4.78 is 30.4. The maximum atomic E-state index is 12.6. The fourth-order valence-corrected chi connectivity index (χ4v) is 3.93. The molecular weight excluding hydrogens is 336 g/mol. The fourth-order valence-electron chi connectivity index (χ4n) is 2.77. The van der Waals surface area contributed by atoms with E-state index in [1.807, 2.05) is 28.7 Å². The smallest absolute Gasteiger partial charge is 0.227 e. The van der Waals surface area contributed by atoms with Crippen LogP contribution in [0.2, 0.25) is 0 Å². The molecule has 0 bridgehead atoms. The molecule has 2 rings (SSSR count). The van der Waals surface area contributed by atoms with Gasteiger partial charge < -0.3 is 9.64 Å². The number of carbonyl (C=O) groups excluding carboxylic acids is 1. The second kappa shape index (κ2) is 8.23. The molecule has 0 saturated carbocycles. The molecular formula is C15H24N2O4S2. The van der Waals surface area contributed by atoms with E-state index in [-0.39, 0.29) is 17.9 Å². The molecule has 23 heavy (non-hydrogen) atoms. The molecule has 0 aromatic carbocycles. The Morgan fingerprint density at radius 2 is 2.30 bits per heavy atom. The first-order valence-corrected chi connectivity index (χ1v) is 10.5. The quantitative estimate of drug-likeness (QED) is 0.824. The zero-order chi connectivity index (χ0) is 16.9. The summed E-state index contributed by atoms with van der Waals surface area (Å²) in [4.78, 5) is 14.4. The molecule has 0 aliphatic carbocycles. The monoisotopic (exact) mass is 360 g/mol. The van der Waals surface area contributed by atoms with Crippen LogP contribution in [0.25, 0.3) is 0 Å². The highest BCUT2D eigenvalue weighted by atomic mass is 32.2. The van der Waals surface area contributed by atoms with Gasteiger partial charge in [0.25, 0.3) is 0 Å². The Kier molecular flexibility index (Phi) is 6.58. The molecule has 1 aromatic rings. The van der Waals surface area contributed by atoms with E-state index in [0.717, 1.165) is 11.8 Å². The first-order valence-electron chi connectivity index (χ1n) is 7.70. The lowest BCUT2D eigenvalue weighted by atomic mass is 9.97. The maximum absolute atomic E-state index is 12.6. The topological polar surface area (TPSA) is 75.7 Å². The van der Waals surface area contributed by atoms with Gasteiger partial charge >= 0.3 is 0 Å². The summed E-state index contributed by atoms with van der Waals surface area (Å²) in [5.74, 6) is 0.223. The minimum atomic E-state index is -3.19. The highest BCUT2D eigenvalue weighted by Crippen LogP contribution is 2.20. The normalized spacial score (nSPS) is 22.8. The molecule has 1 amide bonds. The first kappa shape index (κ1) is 18.4. The standard InChI is InChI=1S/C15H24N2O4S2/c1-12-14(3-5-16-23(2,19)20)10-21-7-6-17(12)15(18)9-13-4-8-22-11-13/h4,8,11-12,14,16H,3,5-7,9-10H2,1-2H3/t12-,14+/m1/s1. The Labute approximate surface area is 141 Å². The van der Waals surface area contributed by atoms with Crippen molar-refractivity contribution >= 4 is 27.3 Å². The van der Waals surface area contributed by atoms with E-state index in [1.54, 1.807) is 11.3 Å². The van der Waals surface area contributed by atoms with E-state index in [1.165, 1.54) is 0 Å². The van der Waals surface area contributed by atoms with Crippen LogP contribution >= 0.6 is 11.3 Å².